The van der Waals surface area contributed by atoms with Gasteiger partial charge in [0.05, 0.1) is 12.1 Å². The zero-order valence-corrected chi connectivity index (χ0v) is 13.3. The number of nitrogens with zero attached hydrogens (tertiary/aromatic N) is 3. The molecule has 0 unspecified atom stereocenters. The number of carboxylic acid groups (broad SMARTS) is 1. The van der Waals surface area contributed by atoms with Gasteiger partial charge in [-0.25, -0.2) is 9.97 Å². The van der Waals surface area contributed by atoms with Crippen LogP contribution in [0, 0.1) is 6.92 Å². The number of aromatic nitrogens is 2. The maximum Gasteiger partial charge on any atom is 0.307 e. The third-order valence-electron chi connectivity index (χ3n) is 4.06. The standard InChI is InChI=1S/C18H21N3O2/c1-13-10-16(15-7-5-6-14(11-15)12-17(22)23)20-18(19-13)21-8-3-2-4-9-21/h5-7,10-11H,2-4,8-9,12H2,1H3,(H,22,23). The van der Waals surface area contributed by atoms with Gasteiger partial charge in [0.15, 0.2) is 0 Å². The van der Waals surface area contributed by atoms with E-state index in [2.05, 4.69) is 9.88 Å². The summed E-state index contributed by atoms with van der Waals surface area (Å²) in [6, 6.07) is 9.53. The fourth-order valence-corrected chi connectivity index (χ4v) is 2.95. The highest BCUT2D eigenvalue weighted by atomic mass is 16.4. The Balaban J connectivity index is 1.93. The van der Waals surface area contributed by atoms with Crippen molar-refractivity contribution in [2.75, 3.05) is 18.0 Å². The van der Waals surface area contributed by atoms with Crippen molar-refractivity contribution in [3.8, 4) is 11.3 Å². The van der Waals surface area contributed by atoms with Crippen LogP contribution in [0.2, 0.25) is 0 Å². The van der Waals surface area contributed by atoms with Crippen LogP contribution in [0.3, 0.4) is 0 Å². The van der Waals surface area contributed by atoms with Crippen LogP contribution in [0.5, 0.6) is 0 Å². The van der Waals surface area contributed by atoms with Crippen molar-refractivity contribution in [2.24, 2.45) is 0 Å². The molecule has 1 fully saturated rings. The number of benzene rings is 1. The highest BCUT2D eigenvalue weighted by Gasteiger charge is 2.15. The quantitative estimate of drug-likeness (QED) is 0.940. The van der Waals surface area contributed by atoms with Crippen LogP contribution in [0.15, 0.2) is 30.3 Å². The zero-order chi connectivity index (χ0) is 16.2. The van der Waals surface area contributed by atoms with Gasteiger partial charge in [0.1, 0.15) is 0 Å². The van der Waals surface area contributed by atoms with Gasteiger partial charge in [-0.15, -0.1) is 0 Å². The van der Waals surface area contributed by atoms with Gasteiger partial charge in [-0.05, 0) is 43.9 Å². The molecule has 5 nitrogen and oxygen atoms in total. The molecule has 0 saturated carbocycles. The number of hydrogen-bond acceptors (Lipinski definition) is 4. The molecular formula is C18H21N3O2. The predicted molar refractivity (Wildman–Crippen MR) is 89.6 cm³/mol. The molecule has 1 aliphatic heterocycles. The Bertz CT molecular complexity index is 709. The van der Waals surface area contributed by atoms with E-state index >= 15 is 0 Å². The summed E-state index contributed by atoms with van der Waals surface area (Å²) < 4.78 is 0. The monoisotopic (exact) mass is 311 g/mol. The SMILES string of the molecule is Cc1cc(-c2cccc(CC(=O)O)c2)nc(N2CCCCC2)n1. The van der Waals surface area contributed by atoms with Crippen molar-refractivity contribution in [1.82, 2.24) is 9.97 Å². The number of piperidine rings is 1. The Labute approximate surface area is 136 Å². The van der Waals surface area contributed by atoms with E-state index < -0.39 is 5.97 Å². The summed E-state index contributed by atoms with van der Waals surface area (Å²) in [4.78, 5) is 22.4. The molecule has 1 aliphatic rings. The summed E-state index contributed by atoms with van der Waals surface area (Å²) in [5.41, 5.74) is 3.50. The van der Waals surface area contributed by atoms with Crippen LogP contribution in [0.4, 0.5) is 5.95 Å². The lowest BCUT2D eigenvalue weighted by atomic mass is 10.1. The second-order valence-electron chi connectivity index (χ2n) is 6.01. The minimum Gasteiger partial charge on any atom is -0.481 e. The van der Waals surface area contributed by atoms with Gasteiger partial charge < -0.3 is 10.0 Å². The van der Waals surface area contributed by atoms with Crippen LogP contribution in [0.1, 0.15) is 30.5 Å². The summed E-state index contributed by atoms with van der Waals surface area (Å²) in [5, 5.41) is 8.95. The fourth-order valence-electron chi connectivity index (χ4n) is 2.95. The Morgan fingerprint density at radius 1 is 1.17 bits per heavy atom. The zero-order valence-electron chi connectivity index (χ0n) is 13.3. The highest BCUT2D eigenvalue weighted by molar-refractivity contribution is 5.71. The average molecular weight is 311 g/mol. The molecule has 2 aromatic rings. The van der Waals surface area contributed by atoms with Gasteiger partial charge in [0, 0.05) is 24.3 Å². The van der Waals surface area contributed by atoms with Crippen molar-refractivity contribution in [1.29, 1.82) is 0 Å². The maximum atomic E-state index is 10.9. The lowest BCUT2D eigenvalue weighted by molar-refractivity contribution is -0.136. The van der Waals surface area contributed by atoms with Crippen LogP contribution >= 0.6 is 0 Å². The molecule has 0 spiro atoms. The van der Waals surface area contributed by atoms with Crippen molar-refractivity contribution in [3.05, 3.63) is 41.6 Å². The number of anilines is 1. The van der Waals surface area contributed by atoms with E-state index in [1.807, 2.05) is 37.3 Å². The summed E-state index contributed by atoms with van der Waals surface area (Å²) >= 11 is 0. The Morgan fingerprint density at radius 3 is 2.70 bits per heavy atom. The van der Waals surface area contributed by atoms with E-state index in [9.17, 15) is 4.79 Å². The largest absolute Gasteiger partial charge is 0.481 e. The third-order valence-corrected chi connectivity index (χ3v) is 4.06. The Hall–Kier alpha value is -2.43. The number of hydrogen-bond donors (Lipinski definition) is 1. The topological polar surface area (TPSA) is 66.3 Å². The van der Waals surface area contributed by atoms with E-state index in [0.29, 0.717) is 0 Å². The van der Waals surface area contributed by atoms with Crippen molar-refractivity contribution in [2.45, 2.75) is 32.6 Å². The van der Waals surface area contributed by atoms with Crippen molar-refractivity contribution in [3.63, 3.8) is 0 Å². The molecule has 23 heavy (non-hydrogen) atoms. The molecule has 1 aromatic carbocycles. The number of aliphatic carboxylic acids is 1. The average Bonchev–Trinajstić information content (AvgIpc) is 2.55. The van der Waals surface area contributed by atoms with E-state index in [-0.39, 0.29) is 6.42 Å². The summed E-state index contributed by atoms with van der Waals surface area (Å²) in [6.07, 6.45) is 3.66. The molecular weight excluding hydrogens is 290 g/mol. The number of rotatable bonds is 4. The minimum absolute atomic E-state index is 0.0247. The first-order chi connectivity index (χ1) is 11.1. The van der Waals surface area contributed by atoms with E-state index in [4.69, 9.17) is 10.1 Å². The second kappa shape index (κ2) is 6.77. The summed E-state index contributed by atoms with van der Waals surface area (Å²) in [7, 11) is 0. The van der Waals surface area contributed by atoms with Gasteiger partial charge in [-0.2, -0.15) is 0 Å². The second-order valence-corrected chi connectivity index (χ2v) is 6.01. The number of carbonyl (C=O) groups is 1. The smallest absolute Gasteiger partial charge is 0.307 e. The lowest BCUT2D eigenvalue weighted by Crippen LogP contribution is -2.31. The molecule has 0 radical (unpaired) electrons. The van der Waals surface area contributed by atoms with Crippen molar-refractivity contribution < 1.29 is 9.90 Å². The van der Waals surface area contributed by atoms with Gasteiger partial charge >= 0.3 is 5.97 Å². The molecule has 1 aromatic heterocycles. The molecule has 0 atom stereocenters. The maximum absolute atomic E-state index is 10.9. The predicted octanol–water partition coefficient (Wildman–Crippen LogP) is 3.07. The Kier molecular flexibility index (Phi) is 4.55. The van der Waals surface area contributed by atoms with Crippen LogP contribution in [-0.4, -0.2) is 34.1 Å². The first-order valence-electron chi connectivity index (χ1n) is 8.03. The molecule has 1 saturated heterocycles. The molecule has 0 amide bonds. The molecule has 1 N–H and O–H groups in total. The summed E-state index contributed by atoms with van der Waals surface area (Å²) in [6.45, 7) is 3.98. The highest BCUT2D eigenvalue weighted by Crippen LogP contribution is 2.23. The van der Waals surface area contributed by atoms with Gasteiger partial charge in [-0.3, -0.25) is 4.79 Å². The number of aryl methyl sites for hydroxylation is 1. The van der Waals surface area contributed by atoms with Crippen LogP contribution in [0.25, 0.3) is 11.3 Å². The summed E-state index contributed by atoms with van der Waals surface area (Å²) in [5.74, 6) is -0.0432. The number of carboxylic acids is 1. The molecule has 3 rings (SSSR count). The van der Waals surface area contributed by atoms with Gasteiger partial charge in [-0.1, -0.05) is 18.2 Å². The lowest BCUT2D eigenvalue weighted by Gasteiger charge is -2.27. The van der Waals surface area contributed by atoms with Crippen molar-refractivity contribution >= 4 is 11.9 Å². The third kappa shape index (κ3) is 3.86. The molecule has 0 bridgehead atoms. The van der Waals surface area contributed by atoms with E-state index in [1.54, 1.807) is 0 Å². The van der Waals surface area contributed by atoms with Gasteiger partial charge in [0.2, 0.25) is 5.95 Å². The Morgan fingerprint density at radius 2 is 1.96 bits per heavy atom. The molecule has 5 heteroatoms. The first kappa shape index (κ1) is 15.5. The first-order valence-corrected chi connectivity index (χ1v) is 8.03. The van der Waals surface area contributed by atoms with E-state index in [0.717, 1.165) is 41.6 Å². The molecule has 2 heterocycles. The van der Waals surface area contributed by atoms with Crippen LogP contribution < -0.4 is 4.90 Å². The molecule has 0 aliphatic carbocycles. The molecule has 120 valence electrons. The van der Waals surface area contributed by atoms with E-state index in [1.165, 1.54) is 19.3 Å². The fraction of sp³-hybridized carbons (Fsp3) is 0.389. The normalized spacial score (nSPS) is 14.7. The van der Waals surface area contributed by atoms with Gasteiger partial charge in [0.25, 0.3) is 0 Å². The van der Waals surface area contributed by atoms with Crippen LogP contribution in [-0.2, 0) is 11.2 Å². The minimum atomic E-state index is -0.824.